The summed E-state index contributed by atoms with van der Waals surface area (Å²) in [4.78, 5) is 4.29. The lowest BCUT2D eigenvalue weighted by atomic mass is 10.1. The molecule has 1 aromatic carbocycles. The van der Waals surface area contributed by atoms with Gasteiger partial charge in [-0.05, 0) is 25.0 Å². The molecule has 134 valence electrons. The first-order valence-corrected chi connectivity index (χ1v) is 9.68. The first kappa shape index (κ1) is 18.7. The number of nitrogens with one attached hydrogen (secondary N) is 1. The number of hydrogen-bond acceptors (Lipinski definition) is 4. The number of aliphatic imine (C=N–C) groups is 1. The molecule has 24 heavy (non-hydrogen) atoms. The van der Waals surface area contributed by atoms with Crippen molar-refractivity contribution in [3.8, 4) is 0 Å². The van der Waals surface area contributed by atoms with Gasteiger partial charge in [0.15, 0.2) is 5.96 Å². The summed E-state index contributed by atoms with van der Waals surface area (Å²) in [5, 5.41) is 3.02. The van der Waals surface area contributed by atoms with Gasteiger partial charge in [0.1, 0.15) is 0 Å². The van der Waals surface area contributed by atoms with E-state index in [0.29, 0.717) is 38.8 Å². The van der Waals surface area contributed by atoms with Crippen LogP contribution in [0.5, 0.6) is 0 Å². The molecule has 1 heterocycles. The van der Waals surface area contributed by atoms with Crippen molar-refractivity contribution in [2.24, 2.45) is 10.7 Å². The summed E-state index contributed by atoms with van der Waals surface area (Å²) in [6, 6.07) is 7.63. The van der Waals surface area contributed by atoms with Crippen molar-refractivity contribution in [1.29, 1.82) is 0 Å². The van der Waals surface area contributed by atoms with Crippen molar-refractivity contribution in [2.45, 2.75) is 32.2 Å². The number of morpholine rings is 1. The topological polar surface area (TPSA) is 97.0 Å². The lowest BCUT2D eigenvalue weighted by Crippen LogP contribution is -2.41. The fourth-order valence-electron chi connectivity index (χ4n) is 2.48. The summed E-state index contributed by atoms with van der Waals surface area (Å²) in [5.74, 6) is 0.326. The highest BCUT2D eigenvalue weighted by Gasteiger charge is 2.25. The van der Waals surface area contributed by atoms with Crippen LogP contribution < -0.4 is 11.1 Å². The zero-order valence-electron chi connectivity index (χ0n) is 14.2. The molecule has 1 fully saturated rings. The number of benzene rings is 1. The molecule has 1 saturated heterocycles. The third-order valence-corrected chi connectivity index (χ3v) is 5.50. The zero-order valence-corrected chi connectivity index (χ0v) is 15.1. The molecular formula is C16H26N4O3S. The van der Waals surface area contributed by atoms with Gasteiger partial charge in [-0.25, -0.2) is 13.4 Å². The predicted molar refractivity (Wildman–Crippen MR) is 95.1 cm³/mol. The quantitative estimate of drug-likeness (QED) is 0.578. The number of hydrogen-bond donors (Lipinski definition) is 2. The van der Waals surface area contributed by atoms with Crippen LogP contribution in [-0.4, -0.2) is 51.0 Å². The number of nitrogens with two attached hydrogens (primary N) is 1. The Morgan fingerprint density at radius 2 is 1.92 bits per heavy atom. The van der Waals surface area contributed by atoms with Crippen molar-refractivity contribution >= 4 is 16.0 Å². The summed E-state index contributed by atoms with van der Waals surface area (Å²) < 4.78 is 31.9. The van der Waals surface area contributed by atoms with Crippen LogP contribution in [0.2, 0.25) is 0 Å². The molecule has 0 radical (unpaired) electrons. The van der Waals surface area contributed by atoms with E-state index in [1.54, 1.807) is 0 Å². The average Bonchev–Trinajstić information content (AvgIpc) is 2.54. The van der Waals surface area contributed by atoms with E-state index in [0.717, 1.165) is 11.1 Å². The van der Waals surface area contributed by atoms with Crippen LogP contribution in [0.25, 0.3) is 0 Å². The van der Waals surface area contributed by atoms with Crippen LogP contribution in [0.3, 0.4) is 0 Å². The fraction of sp³-hybridized carbons (Fsp3) is 0.562. The Morgan fingerprint density at radius 3 is 2.54 bits per heavy atom. The molecule has 0 atom stereocenters. The van der Waals surface area contributed by atoms with Gasteiger partial charge in [-0.15, -0.1) is 0 Å². The lowest BCUT2D eigenvalue weighted by Gasteiger charge is -2.26. The van der Waals surface area contributed by atoms with Crippen LogP contribution in [0.1, 0.15) is 25.0 Å². The maximum absolute atomic E-state index is 12.6. The highest BCUT2D eigenvalue weighted by atomic mass is 32.2. The van der Waals surface area contributed by atoms with Gasteiger partial charge in [0.05, 0.1) is 25.5 Å². The van der Waals surface area contributed by atoms with Crippen LogP contribution in [0.4, 0.5) is 0 Å². The van der Waals surface area contributed by atoms with Crippen LogP contribution in [-0.2, 0) is 27.1 Å². The lowest BCUT2D eigenvalue weighted by molar-refractivity contribution is 0.0729. The highest BCUT2D eigenvalue weighted by molar-refractivity contribution is 7.88. The van der Waals surface area contributed by atoms with Gasteiger partial charge in [0.25, 0.3) is 0 Å². The minimum atomic E-state index is -3.36. The van der Waals surface area contributed by atoms with Crippen molar-refractivity contribution in [3.05, 3.63) is 35.4 Å². The van der Waals surface area contributed by atoms with E-state index in [9.17, 15) is 8.42 Å². The minimum Gasteiger partial charge on any atom is -0.379 e. The van der Waals surface area contributed by atoms with Crippen LogP contribution in [0.15, 0.2) is 29.3 Å². The molecule has 0 unspecified atom stereocenters. The maximum atomic E-state index is 12.6. The molecule has 0 aliphatic carbocycles. The molecule has 7 nitrogen and oxygen atoms in total. The smallest absolute Gasteiger partial charge is 0.218 e. The molecule has 0 spiro atoms. The molecule has 3 N–H and O–H groups in total. The number of ether oxygens (including phenoxy) is 1. The van der Waals surface area contributed by atoms with Gasteiger partial charge in [-0.3, -0.25) is 0 Å². The Balaban J connectivity index is 2.10. The van der Waals surface area contributed by atoms with E-state index < -0.39 is 10.0 Å². The third-order valence-electron chi connectivity index (χ3n) is 3.68. The van der Waals surface area contributed by atoms with E-state index in [1.165, 1.54) is 4.31 Å². The molecule has 0 amide bonds. The van der Waals surface area contributed by atoms with E-state index in [2.05, 4.69) is 10.3 Å². The maximum Gasteiger partial charge on any atom is 0.218 e. The number of sulfonamides is 1. The number of rotatable bonds is 6. The van der Waals surface area contributed by atoms with Crippen molar-refractivity contribution in [2.75, 3.05) is 26.3 Å². The Hall–Kier alpha value is -1.64. The molecule has 0 saturated carbocycles. The molecule has 1 aliphatic heterocycles. The number of nitrogens with zero attached hydrogens (tertiary/aromatic N) is 2. The van der Waals surface area contributed by atoms with Gasteiger partial charge in [-0.1, -0.05) is 24.3 Å². The van der Waals surface area contributed by atoms with E-state index in [1.807, 2.05) is 38.1 Å². The Labute approximate surface area is 143 Å². The fourth-order valence-corrected chi connectivity index (χ4v) is 4.04. The Morgan fingerprint density at radius 1 is 1.29 bits per heavy atom. The first-order chi connectivity index (χ1) is 11.4. The monoisotopic (exact) mass is 354 g/mol. The third kappa shape index (κ3) is 5.47. The highest BCUT2D eigenvalue weighted by Crippen LogP contribution is 2.17. The second-order valence-electron chi connectivity index (χ2n) is 6.04. The largest absolute Gasteiger partial charge is 0.379 e. The van der Waals surface area contributed by atoms with E-state index in [4.69, 9.17) is 10.5 Å². The first-order valence-electron chi connectivity index (χ1n) is 8.07. The average molecular weight is 354 g/mol. The van der Waals surface area contributed by atoms with Crippen molar-refractivity contribution < 1.29 is 13.2 Å². The van der Waals surface area contributed by atoms with E-state index >= 15 is 0 Å². The molecule has 8 heteroatoms. The van der Waals surface area contributed by atoms with Crippen LogP contribution in [0, 0.1) is 0 Å². The molecule has 2 rings (SSSR count). The van der Waals surface area contributed by atoms with Gasteiger partial charge in [0, 0.05) is 19.1 Å². The normalized spacial score (nSPS) is 17.2. The Bertz CT molecular complexity index is 668. The number of guanidine groups is 1. The van der Waals surface area contributed by atoms with Crippen molar-refractivity contribution in [1.82, 2.24) is 9.62 Å². The van der Waals surface area contributed by atoms with Gasteiger partial charge < -0.3 is 15.8 Å². The Kier molecular flexibility index (Phi) is 6.59. The molecule has 1 aliphatic rings. The zero-order chi connectivity index (χ0) is 17.6. The molecule has 1 aromatic rings. The van der Waals surface area contributed by atoms with Gasteiger partial charge in [0.2, 0.25) is 10.0 Å². The standard InChI is InChI=1S/C16H26N4O3S/c1-13(2)19-16(17)18-11-14-5-3-4-6-15(14)12-24(21,22)20-7-9-23-10-8-20/h3-6,13H,7-12H2,1-2H3,(H3,17,18,19). The molecule has 0 bridgehead atoms. The SMILES string of the molecule is CC(C)NC(N)=NCc1ccccc1CS(=O)(=O)N1CCOCC1. The molecule has 0 aromatic heterocycles. The second kappa shape index (κ2) is 8.46. The summed E-state index contributed by atoms with van der Waals surface area (Å²) >= 11 is 0. The van der Waals surface area contributed by atoms with Gasteiger partial charge in [-0.2, -0.15) is 4.31 Å². The summed E-state index contributed by atoms with van der Waals surface area (Å²) in [7, 11) is -3.36. The molecular weight excluding hydrogens is 328 g/mol. The predicted octanol–water partition coefficient (Wildman–Crippen LogP) is 0.661. The van der Waals surface area contributed by atoms with E-state index in [-0.39, 0.29) is 11.8 Å². The van der Waals surface area contributed by atoms with Gasteiger partial charge >= 0.3 is 0 Å². The van der Waals surface area contributed by atoms with Crippen molar-refractivity contribution in [3.63, 3.8) is 0 Å². The summed E-state index contributed by atoms with van der Waals surface area (Å²) in [6.07, 6.45) is 0. The summed E-state index contributed by atoms with van der Waals surface area (Å²) in [5.41, 5.74) is 7.43. The van der Waals surface area contributed by atoms with Crippen LogP contribution >= 0.6 is 0 Å². The second-order valence-corrected chi connectivity index (χ2v) is 8.01. The minimum absolute atomic E-state index is 0.0315. The summed E-state index contributed by atoms with van der Waals surface area (Å²) in [6.45, 7) is 6.02.